The van der Waals surface area contributed by atoms with E-state index in [4.69, 9.17) is 34.7 Å². The Bertz CT molecular complexity index is 338. The summed E-state index contributed by atoms with van der Waals surface area (Å²) in [5.41, 5.74) is 12.2. The van der Waals surface area contributed by atoms with Crippen molar-refractivity contribution in [1.82, 2.24) is 0 Å². The number of unbranched alkanes of at least 4 members (excludes halogenated alkanes) is 1. The van der Waals surface area contributed by atoms with Crippen LogP contribution in [-0.2, 0) is 0 Å². The number of hydrogen-bond acceptors (Lipinski definition) is 3. The Labute approximate surface area is 117 Å². The zero-order chi connectivity index (χ0) is 12.1. The minimum absolute atomic E-state index is 0. The van der Waals surface area contributed by atoms with Crippen molar-refractivity contribution in [3.63, 3.8) is 0 Å². The quantitative estimate of drug-likeness (QED) is 0.731. The number of halogens is 3. The third-order valence-electron chi connectivity index (χ3n) is 2.44. The van der Waals surface area contributed by atoms with Gasteiger partial charge < -0.3 is 16.6 Å². The summed E-state index contributed by atoms with van der Waals surface area (Å²) in [5.74, 6) is -0.0961. The smallest absolute Gasteiger partial charge is 0.152 e. The summed E-state index contributed by atoms with van der Waals surface area (Å²) >= 11 is 11.6. The fraction of sp³-hybridized carbons (Fsp3) is 0.455. The van der Waals surface area contributed by atoms with Gasteiger partial charge in [0.1, 0.15) is 0 Å². The fourth-order valence-electron chi connectivity index (χ4n) is 1.47. The summed E-state index contributed by atoms with van der Waals surface area (Å²) in [5, 5.41) is 9.87. The zero-order valence-corrected chi connectivity index (χ0v) is 11.7. The van der Waals surface area contributed by atoms with Gasteiger partial charge in [-0.3, -0.25) is 0 Å². The second-order valence-electron chi connectivity index (χ2n) is 3.72. The van der Waals surface area contributed by atoms with Crippen molar-refractivity contribution in [2.24, 2.45) is 11.5 Å². The topological polar surface area (TPSA) is 72.3 Å². The third-order valence-corrected chi connectivity index (χ3v) is 3.01. The predicted molar refractivity (Wildman–Crippen MR) is 75.2 cm³/mol. The first-order valence-corrected chi connectivity index (χ1v) is 5.95. The molecule has 0 saturated carbocycles. The predicted octanol–water partition coefficient (Wildman–Crippen LogP) is 3.25. The first kappa shape index (κ1) is 16.8. The molecule has 1 aromatic rings. The Balaban J connectivity index is 0.00000256. The lowest BCUT2D eigenvalue weighted by atomic mass is 10.0. The van der Waals surface area contributed by atoms with Gasteiger partial charge in [0.05, 0.1) is 10.0 Å². The van der Waals surface area contributed by atoms with Gasteiger partial charge in [-0.15, -0.1) is 12.4 Å². The third kappa shape index (κ3) is 4.90. The molecular formula is C11H17Cl3N2O. The SMILES string of the molecule is Cl.NCCCC[C@H](N)c1cc(Cl)c(O)c(Cl)c1. The molecule has 0 aliphatic rings. The highest BCUT2D eigenvalue weighted by Gasteiger charge is 2.11. The highest BCUT2D eigenvalue weighted by atomic mass is 35.5. The molecule has 0 aromatic heterocycles. The first-order valence-electron chi connectivity index (χ1n) is 5.19. The summed E-state index contributed by atoms with van der Waals surface area (Å²) in [6, 6.07) is 3.17. The lowest BCUT2D eigenvalue weighted by Gasteiger charge is -2.13. The van der Waals surface area contributed by atoms with Crippen molar-refractivity contribution in [3.8, 4) is 5.75 Å². The monoisotopic (exact) mass is 298 g/mol. The highest BCUT2D eigenvalue weighted by molar-refractivity contribution is 6.37. The molecule has 0 radical (unpaired) electrons. The normalized spacial score (nSPS) is 12.0. The molecule has 0 spiro atoms. The van der Waals surface area contributed by atoms with Crippen LogP contribution in [0, 0.1) is 0 Å². The maximum atomic E-state index is 9.41. The number of nitrogens with two attached hydrogens (primary N) is 2. The summed E-state index contributed by atoms with van der Waals surface area (Å²) in [6.45, 7) is 0.670. The van der Waals surface area contributed by atoms with Crippen molar-refractivity contribution >= 4 is 35.6 Å². The molecule has 1 rings (SSSR count). The molecule has 0 bridgehead atoms. The van der Waals surface area contributed by atoms with Crippen LogP contribution in [0.1, 0.15) is 30.9 Å². The van der Waals surface area contributed by atoms with E-state index < -0.39 is 0 Å². The van der Waals surface area contributed by atoms with Gasteiger partial charge in [0.15, 0.2) is 5.75 Å². The van der Waals surface area contributed by atoms with Gasteiger partial charge in [0.2, 0.25) is 0 Å². The zero-order valence-electron chi connectivity index (χ0n) is 9.33. The lowest BCUT2D eigenvalue weighted by molar-refractivity contribution is 0.475. The number of rotatable bonds is 5. The van der Waals surface area contributed by atoms with Crippen LogP contribution < -0.4 is 11.5 Å². The number of phenolic OH excluding ortho intramolecular Hbond substituents is 1. The van der Waals surface area contributed by atoms with E-state index in [2.05, 4.69) is 0 Å². The van der Waals surface area contributed by atoms with Crippen molar-refractivity contribution in [2.75, 3.05) is 6.54 Å². The Morgan fingerprint density at radius 1 is 1.18 bits per heavy atom. The first-order chi connectivity index (χ1) is 7.56. The van der Waals surface area contributed by atoms with Crippen LogP contribution in [0.3, 0.4) is 0 Å². The summed E-state index contributed by atoms with van der Waals surface area (Å²) < 4.78 is 0. The maximum Gasteiger partial charge on any atom is 0.152 e. The van der Waals surface area contributed by atoms with E-state index in [1.165, 1.54) is 0 Å². The maximum absolute atomic E-state index is 9.41. The van der Waals surface area contributed by atoms with Gasteiger partial charge in [-0.2, -0.15) is 0 Å². The van der Waals surface area contributed by atoms with Gasteiger partial charge in [-0.25, -0.2) is 0 Å². The molecule has 17 heavy (non-hydrogen) atoms. The molecule has 0 aliphatic heterocycles. The Morgan fingerprint density at radius 3 is 2.18 bits per heavy atom. The van der Waals surface area contributed by atoms with Crippen LogP contribution in [0.15, 0.2) is 12.1 Å². The van der Waals surface area contributed by atoms with Gasteiger partial charge in [0, 0.05) is 6.04 Å². The van der Waals surface area contributed by atoms with E-state index in [1.807, 2.05) is 0 Å². The molecule has 6 heteroatoms. The van der Waals surface area contributed by atoms with E-state index in [0.717, 1.165) is 24.8 Å². The largest absolute Gasteiger partial charge is 0.505 e. The van der Waals surface area contributed by atoms with Gasteiger partial charge in [-0.1, -0.05) is 29.6 Å². The molecular weight excluding hydrogens is 282 g/mol. The molecule has 0 unspecified atom stereocenters. The summed E-state index contributed by atoms with van der Waals surface area (Å²) in [6.07, 6.45) is 2.75. The molecule has 1 atom stereocenters. The van der Waals surface area contributed by atoms with Crippen molar-refractivity contribution in [3.05, 3.63) is 27.7 Å². The second kappa shape index (κ2) is 8.01. The molecule has 3 nitrogen and oxygen atoms in total. The fourth-order valence-corrected chi connectivity index (χ4v) is 1.98. The highest BCUT2D eigenvalue weighted by Crippen LogP contribution is 2.34. The molecule has 5 N–H and O–H groups in total. The number of aromatic hydroxyl groups is 1. The molecule has 98 valence electrons. The van der Waals surface area contributed by atoms with Crippen molar-refractivity contribution in [1.29, 1.82) is 0 Å². The number of hydrogen-bond donors (Lipinski definition) is 3. The minimum atomic E-state index is -0.123. The average Bonchev–Trinajstić information content (AvgIpc) is 2.25. The van der Waals surface area contributed by atoms with Crippen LogP contribution >= 0.6 is 35.6 Å². The van der Waals surface area contributed by atoms with Gasteiger partial charge >= 0.3 is 0 Å². The van der Waals surface area contributed by atoms with Gasteiger partial charge in [0.25, 0.3) is 0 Å². The lowest BCUT2D eigenvalue weighted by Crippen LogP contribution is -2.11. The van der Waals surface area contributed by atoms with Crippen LogP contribution in [0.2, 0.25) is 10.0 Å². The van der Waals surface area contributed by atoms with Crippen LogP contribution in [0.5, 0.6) is 5.75 Å². The van der Waals surface area contributed by atoms with Crippen LogP contribution in [-0.4, -0.2) is 11.7 Å². The van der Waals surface area contributed by atoms with E-state index in [1.54, 1.807) is 12.1 Å². The Kier molecular flexibility index (Phi) is 7.92. The minimum Gasteiger partial charge on any atom is -0.505 e. The molecule has 0 saturated heterocycles. The van der Waals surface area contributed by atoms with E-state index >= 15 is 0 Å². The summed E-state index contributed by atoms with van der Waals surface area (Å²) in [4.78, 5) is 0. The van der Waals surface area contributed by atoms with E-state index in [-0.39, 0.29) is 34.2 Å². The molecule has 0 heterocycles. The van der Waals surface area contributed by atoms with Gasteiger partial charge in [-0.05, 0) is 37.1 Å². The van der Waals surface area contributed by atoms with Crippen molar-refractivity contribution in [2.45, 2.75) is 25.3 Å². The molecule has 0 fully saturated rings. The Hall–Kier alpha value is -0.190. The second-order valence-corrected chi connectivity index (χ2v) is 4.54. The van der Waals surface area contributed by atoms with Crippen LogP contribution in [0.25, 0.3) is 0 Å². The standard InChI is InChI=1S/C11H16Cl2N2O.ClH/c12-8-5-7(6-9(13)11(8)16)10(15)3-1-2-4-14;/h5-6,10,16H,1-4,14-15H2;1H/t10-;/m0./s1. The van der Waals surface area contributed by atoms with E-state index in [9.17, 15) is 5.11 Å². The van der Waals surface area contributed by atoms with Crippen LogP contribution in [0.4, 0.5) is 0 Å². The van der Waals surface area contributed by atoms with Crippen molar-refractivity contribution < 1.29 is 5.11 Å². The van der Waals surface area contributed by atoms with E-state index in [0.29, 0.717) is 6.54 Å². The molecule has 0 aliphatic carbocycles. The molecule has 1 aromatic carbocycles. The molecule has 0 amide bonds. The summed E-state index contributed by atoms with van der Waals surface area (Å²) in [7, 11) is 0. The number of benzene rings is 1. The number of phenols is 1. The Morgan fingerprint density at radius 2 is 1.71 bits per heavy atom. The average molecular weight is 300 g/mol.